The average molecular weight is 341 g/mol. The second-order valence-electron chi connectivity index (χ2n) is 8.31. The van der Waals surface area contributed by atoms with Gasteiger partial charge in [-0.25, -0.2) is 0 Å². The van der Waals surface area contributed by atoms with Crippen LogP contribution in [0.25, 0.3) is 0 Å². The number of piperidine rings is 2. The molecular weight excluding hydrogens is 310 g/mol. The number of nitrogens with one attached hydrogen (secondary N) is 1. The zero-order valence-corrected chi connectivity index (χ0v) is 15.4. The lowest BCUT2D eigenvalue weighted by Crippen LogP contribution is -2.46. The van der Waals surface area contributed by atoms with Crippen molar-refractivity contribution in [1.29, 1.82) is 0 Å². The molecule has 1 N–H and O–H groups in total. The number of hydrogen-bond donors (Lipinski definition) is 1. The number of nitrogens with zero attached hydrogens (tertiary/aromatic N) is 2. The van der Waals surface area contributed by atoms with Crippen LogP contribution in [-0.2, 0) is 11.3 Å². The molecule has 0 aromatic heterocycles. The van der Waals surface area contributed by atoms with Crippen LogP contribution in [0.5, 0.6) is 0 Å². The molecule has 0 radical (unpaired) electrons. The van der Waals surface area contributed by atoms with Crippen molar-refractivity contribution in [3.05, 3.63) is 35.9 Å². The van der Waals surface area contributed by atoms with Gasteiger partial charge in [-0.1, -0.05) is 30.3 Å². The van der Waals surface area contributed by atoms with E-state index in [9.17, 15) is 4.79 Å². The molecule has 0 bridgehead atoms. The lowest BCUT2D eigenvalue weighted by Gasteiger charge is -2.37. The molecule has 1 aliphatic carbocycles. The molecule has 3 aliphatic rings. The van der Waals surface area contributed by atoms with E-state index in [4.69, 9.17) is 0 Å². The summed E-state index contributed by atoms with van der Waals surface area (Å²) in [5.41, 5.74) is 1.74. The molecule has 25 heavy (non-hydrogen) atoms. The van der Waals surface area contributed by atoms with Gasteiger partial charge in [-0.15, -0.1) is 0 Å². The van der Waals surface area contributed by atoms with Gasteiger partial charge in [0.1, 0.15) is 0 Å². The fourth-order valence-corrected chi connectivity index (χ4v) is 4.91. The van der Waals surface area contributed by atoms with Crippen molar-refractivity contribution >= 4 is 5.91 Å². The van der Waals surface area contributed by atoms with Gasteiger partial charge in [-0.05, 0) is 56.2 Å². The van der Waals surface area contributed by atoms with Gasteiger partial charge in [0.15, 0.2) is 0 Å². The molecule has 1 aromatic carbocycles. The summed E-state index contributed by atoms with van der Waals surface area (Å²) < 4.78 is 0. The van der Waals surface area contributed by atoms with Gasteiger partial charge >= 0.3 is 0 Å². The van der Waals surface area contributed by atoms with E-state index < -0.39 is 0 Å². The summed E-state index contributed by atoms with van der Waals surface area (Å²) in [4.78, 5) is 17.6. The van der Waals surface area contributed by atoms with Crippen molar-refractivity contribution in [2.75, 3.05) is 33.2 Å². The molecule has 2 aliphatic heterocycles. The number of likely N-dealkylation sites (tertiary alicyclic amines) is 1. The Labute approximate surface area is 151 Å². The van der Waals surface area contributed by atoms with Crippen molar-refractivity contribution in [2.24, 2.45) is 11.3 Å². The highest BCUT2D eigenvalue weighted by Gasteiger charge is 2.58. The van der Waals surface area contributed by atoms with E-state index in [0.717, 1.165) is 52.0 Å². The molecule has 136 valence electrons. The Kier molecular flexibility index (Phi) is 4.83. The number of amides is 1. The van der Waals surface area contributed by atoms with E-state index in [1.165, 1.54) is 18.4 Å². The monoisotopic (exact) mass is 341 g/mol. The zero-order chi connectivity index (χ0) is 17.3. The third-order valence-electron chi connectivity index (χ3n) is 6.79. The van der Waals surface area contributed by atoms with Crippen LogP contribution in [0.4, 0.5) is 0 Å². The normalized spacial score (nSPS) is 26.5. The molecular formula is C21H31N3O. The molecule has 2 saturated heterocycles. The smallest absolute Gasteiger partial charge is 0.226 e. The summed E-state index contributed by atoms with van der Waals surface area (Å²) in [6, 6.07) is 11.1. The minimum Gasteiger partial charge on any atom is -0.342 e. The van der Waals surface area contributed by atoms with Crippen LogP contribution in [0.1, 0.15) is 37.7 Å². The van der Waals surface area contributed by atoms with Crippen molar-refractivity contribution in [2.45, 2.75) is 44.7 Å². The summed E-state index contributed by atoms with van der Waals surface area (Å²) in [5.74, 6) is 0.727. The average Bonchev–Trinajstić information content (AvgIpc) is 3.35. The fourth-order valence-electron chi connectivity index (χ4n) is 4.91. The first-order valence-corrected chi connectivity index (χ1v) is 9.92. The Morgan fingerprint density at radius 3 is 2.56 bits per heavy atom. The maximum absolute atomic E-state index is 12.9. The third kappa shape index (κ3) is 3.61. The van der Waals surface area contributed by atoms with Crippen molar-refractivity contribution in [3.8, 4) is 0 Å². The van der Waals surface area contributed by atoms with Crippen LogP contribution in [0.2, 0.25) is 0 Å². The van der Waals surface area contributed by atoms with Crippen molar-refractivity contribution < 1.29 is 4.79 Å². The lowest BCUT2D eigenvalue weighted by molar-refractivity contribution is -0.135. The largest absolute Gasteiger partial charge is 0.342 e. The number of rotatable bonds is 4. The Bertz CT molecular complexity index is 588. The summed E-state index contributed by atoms with van der Waals surface area (Å²) in [6.07, 6.45) is 5.72. The molecule has 1 atom stereocenters. The predicted octanol–water partition coefficient (Wildman–Crippen LogP) is 2.50. The van der Waals surface area contributed by atoms with Gasteiger partial charge in [-0.2, -0.15) is 0 Å². The van der Waals surface area contributed by atoms with E-state index in [0.29, 0.717) is 23.3 Å². The molecule has 1 saturated carbocycles. The van der Waals surface area contributed by atoms with Crippen molar-refractivity contribution in [3.63, 3.8) is 0 Å². The van der Waals surface area contributed by atoms with Gasteiger partial charge in [0, 0.05) is 38.6 Å². The fraction of sp³-hybridized carbons (Fsp3) is 0.667. The third-order valence-corrected chi connectivity index (χ3v) is 6.79. The van der Waals surface area contributed by atoms with E-state index in [1.807, 2.05) is 7.05 Å². The van der Waals surface area contributed by atoms with E-state index in [1.54, 1.807) is 0 Å². The highest BCUT2D eigenvalue weighted by molar-refractivity contribution is 5.82. The van der Waals surface area contributed by atoms with Crippen LogP contribution in [0.15, 0.2) is 30.3 Å². The summed E-state index contributed by atoms with van der Waals surface area (Å²) in [5, 5.41) is 3.43. The van der Waals surface area contributed by atoms with Gasteiger partial charge in [-0.3, -0.25) is 9.69 Å². The minimum atomic E-state index is 0.307. The van der Waals surface area contributed by atoms with Crippen molar-refractivity contribution in [1.82, 2.24) is 15.1 Å². The Balaban J connectivity index is 1.27. The Morgan fingerprint density at radius 1 is 1.20 bits per heavy atom. The van der Waals surface area contributed by atoms with Crippen LogP contribution in [0.3, 0.4) is 0 Å². The second kappa shape index (κ2) is 7.08. The molecule has 4 rings (SSSR count). The van der Waals surface area contributed by atoms with Gasteiger partial charge in [0.25, 0.3) is 0 Å². The standard InChI is InChI=1S/C21H31N3O/c1-23(20(25)19-15-21(19)9-11-22-12-10-21)18-7-13-24(14-8-18)16-17-5-3-2-4-6-17/h2-6,18-19,22H,7-16H2,1H3. The Morgan fingerprint density at radius 2 is 1.88 bits per heavy atom. The number of hydrogen-bond acceptors (Lipinski definition) is 3. The molecule has 1 spiro atoms. The SMILES string of the molecule is CN(C(=O)C1CC12CCNCC2)C1CCN(Cc2ccccc2)CC1. The first kappa shape index (κ1) is 17.0. The Hall–Kier alpha value is -1.39. The number of benzene rings is 1. The van der Waals surface area contributed by atoms with Gasteiger partial charge < -0.3 is 10.2 Å². The topological polar surface area (TPSA) is 35.6 Å². The molecule has 4 heteroatoms. The second-order valence-corrected chi connectivity index (χ2v) is 8.31. The van der Waals surface area contributed by atoms with Gasteiger partial charge in [0.05, 0.1) is 0 Å². The predicted molar refractivity (Wildman–Crippen MR) is 100 cm³/mol. The molecule has 1 aromatic rings. The number of carbonyl (C=O) groups excluding carboxylic acids is 1. The summed E-state index contributed by atoms with van der Waals surface area (Å²) in [6.45, 7) is 5.40. The lowest BCUT2D eigenvalue weighted by atomic mass is 9.91. The number of carbonyl (C=O) groups is 1. The van der Waals surface area contributed by atoms with E-state index >= 15 is 0 Å². The summed E-state index contributed by atoms with van der Waals surface area (Å²) >= 11 is 0. The van der Waals surface area contributed by atoms with Crippen LogP contribution in [-0.4, -0.2) is 55.0 Å². The van der Waals surface area contributed by atoms with E-state index in [2.05, 4.69) is 45.4 Å². The minimum absolute atomic E-state index is 0.307. The molecule has 2 heterocycles. The van der Waals surface area contributed by atoms with Gasteiger partial charge in [0.2, 0.25) is 5.91 Å². The van der Waals surface area contributed by atoms with Crippen LogP contribution in [0, 0.1) is 11.3 Å². The highest BCUT2D eigenvalue weighted by Crippen LogP contribution is 2.59. The van der Waals surface area contributed by atoms with E-state index in [-0.39, 0.29) is 0 Å². The van der Waals surface area contributed by atoms with Crippen LogP contribution < -0.4 is 5.32 Å². The molecule has 1 unspecified atom stereocenters. The van der Waals surface area contributed by atoms with Crippen LogP contribution >= 0.6 is 0 Å². The first-order valence-electron chi connectivity index (χ1n) is 9.92. The highest BCUT2D eigenvalue weighted by atomic mass is 16.2. The zero-order valence-electron chi connectivity index (χ0n) is 15.4. The quantitative estimate of drug-likeness (QED) is 0.914. The summed E-state index contributed by atoms with van der Waals surface area (Å²) in [7, 11) is 2.05. The first-order chi connectivity index (χ1) is 12.2. The molecule has 3 fully saturated rings. The maximum atomic E-state index is 12.9. The molecule has 1 amide bonds. The maximum Gasteiger partial charge on any atom is 0.226 e. The molecule has 4 nitrogen and oxygen atoms in total.